The maximum atomic E-state index is 13.7. The van der Waals surface area contributed by atoms with Gasteiger partial charge >= 0.3 is 24.2 Å². The topological polar surface area (TPSA) is 144 Å². The first-order chi connectivity index (χ1) is 19.7. The van der Waals surface area contributed by atoms with Gasteiger partial charge in [-0.05, 0) is 19.4 Å². The molecule has 0 spiro atoms. The standard InChI is InChI=1S/C26H25F5O11/c1-13(22(33)37-9-15-7-5-4-6-8-15)40-23(34)14(2)41-24(35)38-11-26(3,10-32)12-39-25(36)42-21-19(30)17(28)16(27)18(29)20(21)31/h4-8,13-14,32H,9-12H2,1-3H3. The third kappa shape index (κ3) is 9.29. The molecule has 0 amide bonds. The Balaban J connectivity index is 1.81. The summed E-state index contributed by atoms with van der Waals surface area (Å²) >= 11 is 0. The summed E-state index contributed by atoms with van der Waals surface area (Å²) in [6.07, 6.45) is -6.26. The van der Waals surface area contributed by atoms with Crippen LogP contribution in [0.5, 0.6) is 5.75 Å². The van der Waals surface area contributed by atoms with Crippen LogP contribution in [0.25, 0.3) is 0 Å². The zero-order chi connectivity index (χ0) is 31.6. The van der Waals surface area contributed by atoms with Gasteiger partial charge in [0.25, 0.3) is 0 Å². The molecule has 2 rings (SSSR count). The molecule has 0 fully saturated rings. The van der Waals surface area contributed by atoms with Gasteiger partial charge in [0.1, 0.15) is 19.8 Å². The van der Waals surface area contributed by atoms with Gasteiger partial charge in [0.2, 0.25) is 34.8 Å². The van der Waals surface area contributed by atoms with Crippen molar-refractivity contribution in [3.05, 3.63) is 65.0 Å². The quantitative estimate of drug-likeness (QED) is 0.0928. The highest BCUT2D eigenvalue weighted by atomic mass is 19.2. The maximum Gasteiger partial charge on any atom is 0.514 e. The Hall–Kier alpha value is -4.47. The Morgan fingerprint density at radius 1 is 0.738 bits per heavy atom. The van der Waals surface area contributed by atoms with Crippen LogP contribution in [0.1, 0.15) is 26.3 Å². The summed E-state index contributed by atoms with van der Waals surface area (Å²) in [5, 5.41) is 9.59. The largest absolute Gasteiger partial charge is 0.514 e. The van der Waals surface area contributed by atoms with Crippen LogP contribution in [-0.4, -0.2) is 61.4 Å². The van der Waals surface area contributed by atoms with E-state index in [2.05, 4.69) is 9.47 Å². The van der Waals surface area contributed by atoms with Crippen LogP contribution in [0.2, 0.25) is 0 Å². The van der Waals surface area contributed by atoms with Crippen LogP contribution in [0.3, 0.4) is 0 Å². The minimum absolute atomic E-state index is 0.0673. The summed E-state index contributed by atoms with van der Waals surface area (Å²) in [4.78, 5) is 48.0. The molecule has 2 aromatic rings. The lowest BCUT2D eigenvalue weighted by molar-refractivity contribution is -0.172. The third-order valence-corrected chi connectivity index (χ3v) is 5.27. The molecule has 42 heavy (non-hydrogen) atoms. The van der Waals surface area contributed by atoms with Crippen molar-refractivity contribution in [2.45, 2.75) is 39.6 Å². The Kier molecular flexibility index (Phi) is 12.0. The normalized spacial score (nSPS) is 13.6. The van der Waals surface area contributed by atoms with Gasteiger partial charge in [-0.1, -0.05) is 37.3 Å². The molecule has 1 N–H and O–H groups in total. The van der Waals surface area contributed by atoms with Gasteiger partial charge in [0.05, 0.1) is 12.0 Å². The minimum atomic E-state index is -2.47. The summed E-state index contributed by atoms with van der Waals surface area (Å²) in [6.45, 7) is 1.09. The molecule has 0 aliphatic rings. The monoisotopic (exact) mass is 608 g/mol. The van der Waals surface area contributed by atoms with E-state index in [1.165, 1.54) is 13.8 Å². The van der Waals surface area contributed by atoms with Crippen LogP contribution < -0.4 is 4.74 Å². The van der Waals surface area contributed by atoms with Gasteiger partial charge < -0.3 is 33.5 Å². The molecular weight excluding hydrogens is 583 g/mol. The van der Waals surface area contributed by atoms with Gasteiger partial charge in [-0.15, -0.1) is 0 Å². The van der Waals surface area contributed by atoms with Crippen molar-refractivity contribution < 1.29 is 74.7 Å². The molecule has 16 heteroatoms. The number of carbonyl (C=O) groups is 4. The van der Waals surface area contributed by atoms with Crippen molar-refractivity contribution in [3.8, 4) is 5.75 Å². The summed E-state index contributed by atoms with van der Waals surface area (Å²) in [5.41, 5.74) is -0.891. The van der Waals surface area contributed by atoms with Crippen molar-refractivity contribution >= 4 is 24.2 Å². The SMILES string of the molecule is CC(OC(=O)OCC(C)(CO)COC(=O)Oc1c(F)c(F)c(F)c(F)c1F)C(=O)OC(C)C(=O)OCc1ccccc1. The third-order valence-electron chi connectivity index (χ3n) is 5.27. The van der Waals surface area contributed by atoms with E-state index in [1.54, 1.807) is 30.3 Å². The number of carbonyl (C=O) groups excluding carboxylic acids is 4. The molecule has 11 nitrogen and oxygen atoms in total. The first-order valence-electron chi connectivity index (χ1n) is 11.9. The first kappa shape index (κ1) is 33.7. The van der Waals surface area contributed by atoms with Crippen molar-refractivity contribution in [2.24, 2.45) is 5.41 Å². The lowest BCUT2D eigenvalue weighted by Gasteiger charge is -2.26. The highest BCUT2D eigenvalue weighted by molar-refractivity contribution is 5.82. The summed E-state index contributed by atoms with van der Waals surface area (Å²) < 4.78 is 95.0. The number of rotatable bonds is 12. The Bertz CT molecular complexity index is 1260. The van der Waals surface area contributed by atoms with E-state index in [1.807, 2.05) is 0 Å². The Labute approximate surface area is 235 Å². The van der Waals surface area contributed by atoms with Crippen LogP contribution in [0.15, 0.2) is 30.3 Å². The van der Waals surface area contributed by atoms with Gasteiger partial charge in [-0.2, -0.15) is 8.78 Å². The van der Waals surface area contributed by atoms with Gasteiger partial charge in [0, 0.05) is 0 Å². The first-order valence-corrected chi connectivity index (χ1v) is 11.9. The van der Waals surface area contributed by atoms with E-state index in [-0.39, 0.29) is 6.61 Å². The number of hydrogen-bond acceptors (Lipinski definition) is 11. The zero-order valence-corrected chi connectivity index (χ0v) is 22.3. The molecular formula is C26H25F5O11. The molecule has 0 heterocycles. The Morgan fingerprint density at radius 3 is 1.79 bits per heavy atom. The number of ether oxygens (including phenoxy) is 6. The molecule has 3 atom stereocenters. The fraction of sp³-hybridized carbons (Fsp3) is 0.385. The van der Waals surface area contributed by atoms with E-state index in [4.69, 9.17) is 18.9 Å². The maximum absolute atomic E-state index is 13.7. The molecule has 0 saturated heterocycles. The number of halogens is 5. The van der Waals surface area contributed by atoms with Crippen LogP contribution >= 0.6 is 0 Å². The summed E-state index contributed by atoms with van der Waals surface area (Å²) in [6, 6.07) is 8.68. The van der Waals surface area contributed by atoms with Gasteiger partial charge in [-0.25, -0.2) is 32.3 Å². The van der Waals surface area contributed by atoms with E-state index in [9.17, 15) is 46.2 Å². The summed E-state index contributed by atoms with van der Waals surface area (Å²) in [5.74, 6) is -15.9. The molecule has 3 unspecified atom stereocenters. The fourth-order valence-corrected chi connectivity index (χ4v) is 2.78. The smallest absolute Gasteiger partial charge is 0.458 e. The van der Waals surface area contributed by atoms with Crippen molar-refractivity contribution in [3.63, 3.8) is 0 Å². The van der Waals surface area contributed by atoms with Crippen LogP contribution in [-0.2, 0) is 39.9 Å². The lowest BCUT2D eigenvalue weighted by Crippen LogP contribution is -2.37. The molecule has 0 saturated carbocycles. The number of aliphatic hydroxyl groups is 1. The minimum Gasteiger partial charge on any atom is -0.458 e. The second kappa shape index (κ2) is 15.0. The van der Waals surface area contributed by atoms with E-state index in [0.29, 0.717) is 5.56 Å². The molecule has 0 aliphatic carbocycles. The van der Waals surface area contributed by atoms with E-state index < -0.39 is 96.5 Å². The molecule has 0 aliphatic heterocycles. The molecule has 230 valence electrons. The van der Waals surface area contributed by atoms with E-state index >= 15 is 0 Å². The number of hydrogen-bond donors (Lipinski definition) is 1. The number of esters is 2. The molecule has 0 bridgehead atoms. The van der Waals surface area contributed by atoms with E-state index in [0.717, 1.165) is 6.92 Å². The van der Waals surface area contributed by atoms with Crippen LogP contribution in [0, 0.1) is 34.5 Å². The highest BCUT2D eigenvalue weighted by Gasteiger charge is 2.33. The highest BCUT2D eigenvalue weighted by Crippen LogP contribution is 2.29. The predicted molar refractivity (Wildman–Crippen MR) is 127 cm³/mol. The van der Waals surface area contributed by atoms with Gasteiger partial charge in [-0.3, -0.25) is 0 Å². The van der Waals surface area contributed by atoms with Crippen molar-refractivity contribution in [1.82, 2.24) is 0 Å². The number of benzene rings is 2. The Morgan fingerprint density at radius 2 is 1.24 bits per heavy atom. The van der Waals surface area contributed by atoms with Gasteiger partial charge in [0.15, 0.2) is 12.2 Å². The molecule has 0 radical (unpaired) electrons. The predicted octanol–water partition coefficient (Wildman–Crippen LogP) is 4.11. The molecule has 2 aromatic carbocycles. The number of aliphatic hydroxyl groups excluding tert-OH is 1. The average molecular weight is 608 g/mol. The zero-order valence-electron chi connectivity index (χ0n) is 22.3. The second-order valence-electron chi connectivity index (χ2n) is 8.98. The summed E-state index contributed by atoms with van der Waals surface area (Å²) in [7, 11) is 0. The fourth-order valence-electron chi connectivity index (χ4n) is 2.78. The average Bonchev–Trinajstić information content (AvgIpc) is 2.98. The van der Waals surface area contributed by atoms with Crippen LogP contribution in [0.4, 0.5) is 31.5 Å². The second-order valence-corrected chi connectivity index (χ2v) is 8.98. The van der Waals surface area contributed by atoms with Crippen molar-refractivity contribution in [1.29, 1.82) is 0 Å². The van der Waals surface area contributed by atoms with Crippen molar-refractivity contribution in [2.75, 3.05) is 19.8 Å². The molecule has 0 aromatic heterocycles. The lowest BCUT2D eigenvalue weighted by atomic mass is 9.94.